The zero-order chi connectivity index (χ0) is 18.7. The molecule has 3 aromatic rings. The second-order valence-corrected chi connectivity index (χ2v) is 6.37. The first-order valence-electron chi connectivity index (χ1n) is 8.66. The van der Waals surface area contributed by atoms with Crippen LogP contribution in [0.1, 0.15) is 30.6 Å². The molecule has 3 rings (SSSR count). The average molecular weight is 345 g/mol. The topological polar surface area (TPSA) is 60.4 Å². The molecule has 1 heterocycles. The van der Waals surface area contributed by atoms with Crippen molar-refractivity contribution in [2.45, 2.75) is 26.3 Å². The van der Waals surface area contributed by atoms with Crippen LogP contribution in [0.3, 0.4) is 0 Å². The number of hydrogen-bond donors (Lipinski definition) is 1. The maximum Gasteiger partial charge on any atom is 0.263 e. The molecule has 1 aromatic heterocycles. The Balaban J connectivity index is 2.32. The van der Waals surface area contributed by atoms with Crippen LogP contribution in [0.15, 0.2) is 77.0 Å². The summed E-state index contributed by atoms with van der Waals surface area (Å²) in [6.07, 6.45) is 2.24. The summed E-state index contributed by atoms with van der Waals surface area (Å²) < 4.78 is 1.74. The highest BCUT2D eigenvalue weighted by Crippen LogP contribution is 2.24. The Morgan fingerprint density at radius 3 is 2.65 bits per heavy atom. The maximum absolute atomic E-state index is 13.4. The molecule has 0 saturated carbocycles. The largest absolute Gasteiger partial charge is 0.387 e. The molecule has 0 radical (unpaired) electrons. The normalized spacial score (nSPS) is 12.9. The van der Waals surface area contributed by atoms with Gasteiger partial charge in [-0.1, -0.05) is 42.5 Å². The summed E-state index contributed by atoms with van der Waals surface area (Å²) in [6.45, 7) is 7.61. The van der Waals surface area contributed by atoms with Gasteiger partial charge in [-0.3, -0.25) is 14.4 Å². The van der Waals surface area contributed by atoms with E-state index in [1.807, 2.05) is 68.4 Å². The van der Waals surface area contributed by atoms with Gasteiger partial charge in [0.05, 0.1) is 23.0 Å². The lowest BCUT2D eigenvalue weighted by Gasteiger charge is -2.18. The van der Waals surface area contributed by atoms with Crippen molar-refractivity contribution < 1.29 is 0 Å². The van der Waals surface area contributed by atoms with E-state index in [2.05, 4.69) is 11.6 Å². The van der Waals surface area contributed by atoms with E-state index in [-0.39, 0.29) is 11.6 Å². The summed E-state index contributed by atoms with van der Waals surface area (Å²) in [5, 5.41) is 1.65. The van der Waals surface area contributed by atoms with Gasteiger partial charge in [-0.25, -0.2) is 0 Å². The quantitative estimate of drug-likeness (QED) is 0.426. The van der Waals surface area contributed by atoms with Crippen LogP contribution < -0.4 is 11.3 Å². The number of aliphatic imine (C=N–C) groups is 1. The van der Waals surface area contributed by atoms with Crippen LogP contribution in [-0.4, -0.2) is 10.4 Å². The lowest BCUT2D eigenvalue weighted by atomic mass is 10.0. The fourth-order valence-electron chi connectivity index (χ4n) is 3.22. The predicted octanol–water partition coefficient (Wildman–Crippen LogP) is 4.29. The number of fused-ring (bicyclic) bond motifs is 1. The number of amidine groups is 1. The van der Waals surface area contributed by atoms with E-state index in [1.54, 1.807) is 10.6 Å². The second-order valence-electron chi connectivity index (χ2n) is 6.37. The first-order chi connectivity index (χ1) is 12.5. The fourth-order valence-corrected chi connectivity index (χ4v) is 3.22. The molecule has 0 unspecified atom stereocenters. The van der Waals surface area contributed by atoms with E-state index in [9.17, 15) is 4.79 Å². The van der Waals surface area contributed by atoms with Crippen LogP contribution in [0.5, 0.6) is 0 Å². The molecule has 0 aliphatic rings. The minimum absolute atomic E-state index is 0.0360. The van der Waals surface area contributed by atoms with E-state index < -0.39 is 0 Å². The van der Waals surface area contributed by atoms with Crippen molar-refractivity contribution >= 4 is 16.6 Å². The smallest absolute Gasteiger partial charge is 0.263 e. The van der Waals surface area contributed by atoms with Crippen LogP contribution >= 0.6 is 0 Å². The number of aryl methyl sites for hydroxylation is 1. The van der Waals surface area contributed by atoms with E-state index in [0.717, 1.165) is 27.7 Å². The third-order valence-corrected chi connectivity index (χ3v) is 4.44. The van der Waals surface area contributed by atoms with Gasteiger partial charge in [0.2, 0.25) is 0 Å². The van der Waals surface area contributed by atoms with Gasteiger partial charge < -0.3 is 5.73 Å². The molecule has 4 nitrogen and oxygen atoms in total. The minimum Gasteiger partial charge on any atom is -0.387 e. The molecule has 0 spiro atoms. The standard InChI is InChI=1S/C22H23N3O/c1-4-9-20(23)24-16(3)19-14-17-11-8-10-15(2)21(17)22(26)25(19)18-12-6-5-7-13-18/h4-8,10-14,16H,1,9H2,2-3H3,(H2,23,24)/t16-/m0/s1. The fraction of sp³-hybridized carbons (Fsp3) is 0.182. The van der Waals surface area contributed by atoms with Crippen LogP contribution in [0.2, 0.25) is 0 Å². The van der Waals surface area contributed by atoms with Crippen LogP contribution in [-0.2, 0) is 0 Å². The second kappa shape index (κ2) is 7.40. The molecule has 0 saturated heterocycles. The Kier molecular flexibility index (Phi) is 5.03. The lowest BCUT2D eigenvalue weighted by Crippen LogP contribution is -2.24. The van der Waals surface area contributed by atoms with Gasteiger partial charge in [-0.2, -0.15) is 0 Å². The van der Waals surface area contributed by atoms with E-state index in [0.29, 0.717) is 12.3 Å². The zero-order valence-corrected chi connectivity index (χ0v) is 15.1. The van der Waals surface area contributed by atoms with Crippen molar-refractivity contribution in [2.75, 3.05) is 0 Å². The molecule has 0 fully saturated rings. The Labute approximate surface area is 153 Å². The molecule has 0 amide bonds. The molecule has 0 aliphatic carbocycles. The predicted molar refractivity (Wildman–Crippen MR) is 109 cm³/mol. The average Bonchev–Trinajstić information content (AvgIpc) is 2.62. The van der Waals surface area contributed by atoms with E-state index in [1.165, 1.54) is 0 Å². The van der Waals surface area contributed by atoms with E-state index in [4.69, 9.17) is 5.73 Å². The van der Waals surface area contributed by atoms with Crippen LogP contribution in [0, 0.1) is 6.92 Å². The maximum atomic E-state index is 13.4. The highest BCUT2D eigenvalue weighted by molar-refractivity contribution is 5.86. The molecule has 2 aromatic carbocycles. The van der Waals surface area contributed by atoms with Crippen molar-refractivity contribution in [3.63, 3.8) is 0 Å². The van der Waals surface area contributed by atoms with Crippen molar-refractivity contribution in [3.05, 3.63) is 88.9 Å². The van der Waals surface area contributed by atoms with Crippen LogP contribution in [0.4, 0.5) is 0 Å². The monoisotopic (exact) mass is 345 g/mol. The number of hydrogen-bond acceptors (Lipinski definition) is 2. The van der Waals surface area contributed by atoms with Crippen LogP contribution in [0.25, 0.3) is 16.5 Å². The first-order valence-corrected chi connectivity index (χ1v) is 8.66. The molecule has 0 aliphatic heterocycles. The first kappa shape index (κ1) is 17.7. The molecule has 1 atom stereocenters. The number of nitrogens with zero attached hydrogens (tertiary/aromatic N) is 2. The molecule has 2 N–H and O–H groups in total. The van der Waals surface area contributed by atoms with Gasteiger partial charge in [-0.15, -0.1) is 6.58 Å². The number of para-hydroxylation sites is 1. The summed E-state index contributed by atoms with van der Waals surface area (Å²) in [4.78, 5) is 17.9. The third kappa shape index (κ3) is 3.31. The summed E-state index contributed by atoms with van der Waals surface area (Å²) in [6, 6.07) is 17.3. The van der Waals surface area contributed by atoms with Crippen molar-refractivity contribution in [1.82, 2.24) is 4.57 Å². The van der Waals surface area contributed by atoms with E-state index >= 15 is 0 Å². The molecular formula is C22H23N3O. The Morgan fingerprint density at radius 2 is 1.96 bits per heavy atom. The Hall–Kier alpha value is -3.14. The highest BCUT2D eigenvalue weighted by Gasteiger charge is 2.16. The summed E-state index contributed by atoms with van der Waals surface area (Å²) in [5.41, 5.74) is 8.54. The number of nitrogens with two attached hydrogens (primary N) is 1. The number of aromatic nitrogens is 1. The lowest BCUT2D eigenvalue weighted by molar-refractivity contribution is 0.733. The molecule has 132 valence electrons. The molecule has 4 heteroatoms. The Morgan fingerprint density at radius 1 is 1.23 bits per heavy atom. The van der Waals surface area contributed by atoms with Crippen molar-refractivity contribution in [1.29, 1.82) is 0 Å². The summed E-state index contributed by atoms with van der Waals surface area (Å²) in [5.74, 6) is 0.504. The molecule has 0 bridgehead atoms. The highest BCUT2D eigenvalue weighted by atomic mass is 16.1. The van der Waals surface area contributed by atoms with Gasteiger partial charge in [0.15, 0.2) is 0 Å². The minimum atomic E-state index is -0.257. The molecular weight excluding hydrogens is 322 g/mol. The number of benzene rings is 2. The van der Waals surface area contributed by atoms with Crippen molar-refractivity contribution in [2.24, 2.45) is 10.7 Å². The van der Waals surface area contributed by atoms with Gasteiger partial charge in [0, 0.05) is 12.1 Å². The summed E-state index contributed by atoms with van der Waals surface area (Å²) in [7, 11) is 0. The number of rotatable bonds is 5. The zero-order valence-electron chi connectivity index (χ0n) is 15.1. The Bertz CT molecular complexity index is 1030. The van der Waals surface area contributed by atoms with Gasteiger partial charge in [0.1, 0.15) is 0 Å². The van der Waals surface area contributed by atoms with Gasteiger partial charge >= 0.3 is 0 Å². The van der Waals surface area contributed by atoms with Gasteiger partial charge in [-0.05, 0) is 43.0 Å². The number of pyridine rings is 1. The molecule has 26 heavy (non-hydrogen) atoms. The third-order valence-electron chi connectivity index (χ3n) is 4.44. The van der Waals surface area contributed by atoms with Gasteiger partial charge in [0.25, 0.3) is 5.56 Å². The SMILES string of the molecule is C=CCC(N)=N[C@@H](C)c1cc2cccc(C)c2c(=O)n1-c1ccccc1. The van der Waals surface area contributed by atoms with Crippen molar-refractivity contribution in [3.8, 4) is 5.69 Å². The summed E-state index contributed by atoms with van der Waals surface area (Å²) >= 11 is 0.